The molecule has 0 N–H and O–H groups in total. The third kappa shape index (κ3) is 51.1. The first-order valence-electron chi connectivity index (χ1n) is 28.7. The van der Waals surface area contributed by atoms with Crippen LogP contribution >= 0.6 is 0 Å². The highest BCUT2D eigenvalue weighted by molar-refractivity contribution is 5.71. The molecule has 64 heavy (non-hydrogen) atoms. The summed E-state index contributed by atoms with van der Waals surface area (Å²) in [7, 11) is 0. The number of rotatable bonds is 53. The van der Waals surface area contributed by atoms with Gasteiger partial charge in [0, 0.05) is 19.3 Å². The van der Waals surface area contributed by atoms with Gasteiger partial charge in [-0.05, 0) is 38.5 Å². The quantitative estimate of drug-likeness (QED) is 0.0262. The van der Waals surface area contributed by atoms with Crippen molar-refractivity contribution >= 4 is 17.9 Å². The van der Waals surface area contributed by atoms with E-state index in [9.17, 15) is 14.4 Å². The van der Waals surface area contributed by atoms with Gasteiger partial charge >= 0.3 is 17.9 Å². The van der Waals surface area contributed by atoms with Gasteiger partial charge in [-0.25, -0.2) is 0 Å². The molecule has 0 radical (unpaired) electrons. The van der Waals surface area contributed by atoms with E-state index in [1.165, 1.54) is 212 Å². The van der Waals surface area contributed by atoms with Crippen molar-refractivity contribution in [2.24, 2.45) is 0 Å². The number of carbonyl (C=O) groups is 3. The van der Waals surface area contributed by atoms with Crippen molar-refractivity contribution in [3.05, 3.63) is 12.2 Å². The summed E-state index contributed by atoms with van der Waals surface area (Å²) in [5, 5.41) is 0. The third-order valence-corrected chi connectivity index (χ3v) is 13.0. The van der Waals surface area contributed by atoms with Gasteiger partial charge in [0.1, 0.15) is 13.2 Å². The van der Waals surface area contributed by atoms with Gasteiger partial charge in [-0.2, -0.15) is 0 Å². The standard InChI is InChI=1S/C58H110O6/c1-4-7-10-13-16-19-22-24-26-28-29-30-31-33-34-36-39-42-45-48-51-57(60)63-54-55(53-62-56(59)50-47-44-41-38-21-18-15-12-9-6-3)64-58(61)52-49-46-43-40-37-35-32-27-25-23-20-17-14-11-8-5-2/h12,15,55H,4-11,13-14,16-54H2,1-3H3/b15-12-. The Morgan fingerprint density at radius 3 is 0.844 bits per heavy atom. The molecule has 0 aromatic carbocycles. The van der Waals surface area contributed by atoms with Crippen LogP contribution in [0.3, 0.4) is 0 Å². The van der Waals surface area contributed by atoms with Crippen molar-refractivity contribution in [2.45, 2.75) is 329 Å². The lowest BCUT2D eigenvalue weighted by Gasteiger charge is -2.18. The molecule has 0 aliphatic heterocycles. The maximum Gasteiger partial charge on any atom is 0.306 e. The molecule has 0 saturated carbocycles. The van der Waals surface area contributed by atoms with Gasteiger partial charge in [0.05, 0.1) is 0 Å². The van der Waals surface area contributed by atoms with E-state index >= 15 is 0 Å². The smallest absolute Gasteiger partial charge is 0.306 e. The van der Waals surface area contributed by atoms with Crippen LogP contribution in [-0.4, -0.2) is 37.2 Å². The molecule has 1 atom stereocenters. The van der Waals surface area contributed by atoms with Gasteiger partial charge in [0.2, 0.25) is 0 Å². The Bertz CT molecular complexity index is 993. The number of carbonyl (C=O) groups excluding carboxylic acids is 3. The Hall–Kier alpha value is -1.85. The molecule has 0 spiro atoms. The zero-order valence-corrected chi connectivity index (χ0v) is 43.3. The Morgan fingerprint density at radius 2 is 0.547 bits per heavy atom. The van der Waals surface area contributed by atoms with Crippen molar-refractivity contribution < 1.29 is 28.6 Å². The molecular weight excluding hydrogens is 793 g/mol. The van der Waals surface area contributed by atoms with E-state index < -0.39 is 6.10 Å². The zero-order valence-electron chi connectivity index (χ0n) is 43.3. The average molecular weight is 904 g/mol. The highest BCUT2D eigenvalue weighted by Crippen LogP contribution is 2.17. The van der Waals surface area contributed by atoms with Crippen molar-refractivity contribution in [2.75, 3.05) is 13.2 Å². The molecule has 0 aromatic heterocycles. The SMILES string of the molecule is CCC/C=C\CCCCCCCC(=O)OCC(COC(=O)CCCCCCCCCCCCCCCCCCCCCC)OC(=O)CCCCCCCCCCCCCCCCCC. The lowest BCUT2D eigenvalue weighted by Crippen LogP contribution is -2.30. The molecule has 0 amide bonds. The number of hydrogen-bond donors (Lipinski definition) is 0. The lowest BCUT2D eigenvalue weighted by atomic mass is 10.0. The Morgan fingerprint density at radius 1 is 0.297 bits per heavy atom. The molecule has 0 fully saturated rings. The molecule has 0 bridgehead atoms. The number of esters is 3. The first-order valence-corrected chi connectivity index (χ1v) is 28.7. The Balaban J connectivity index is 4.22. The molecule has 0 aliphatic carbocycles. The maximum absolute atomic E-state index is 12.8. The van der Waals surface area contributed by atoms with Gasteiger partial charge in [0.15, 0.2) is 6.10 Å². The van der Waals surface area contributed by atoms with Crippen LogP contribution in [0.1, 0.15) is 323 Å². The van der Waals surface area contributed by atoms with E-state index in [4.69, 9.17) is 14.2 Å². The van der Waals surface area contributed by atoms with E-state index in [0.29, 0.717) is 19.3 Å². The molecule has 0 saturated heterocycles. The van der Waals surface area contributed by atoms with Crippen LogP contribution in [0.4, 0.5) is 0 Å². The molecule has 6 heteroatoms. The van der Waals surface area contributed by atoms with E-state index in [0.717, 1.165) is 70.6 Å². The summed E-state index contributed by atoms with van der Waals surface area (Å²) in [6.45, 7) is 6.63. The largest absolute Gasteiger partial charge is 0.462 e. The summed E-state index contributed by atoms with van der Waals surface area (Å²) in [5.74, 6) is -0.855. The summed E-state index contributed by atoms with van der Waals surface area (Å²) in [5.41, 5.74) is 0. The minimum absolute atomic E-state index is 0.0668. The Kier molecular flexibility index (Phi) is 52.2. The van der Waals surface area contributed by atoms with E-state index in [2.05, 4.69) is 32.9 Å². The number of unbranched alkanes of at least 4 members (excludes halogenated alkanes) is 40. The van der Waals surface area contributed by atoms with Crippen molar-refractivity contribution in [3.63, 3.8) is 0 Å². The van der Waals surface area contributed by atoms with Crippen molar-refractivity contribution in [1.82, 2.24) is 0 Å². The molecule has 378 valence electrons. The highest BCUT2D eigenvalue weighted by atomic mass is 16.6. The van der Waals surface area contributed by atoms with Crippen LogP contribution in [0.15, 0.2) is 12.2 Å². The van der Waals surface area contributed by atoms with E-state index in [1.54, 1.807) is 0 Å². The second-order valence-corrected chi connectivity index (χ2v) is 19.6. The monoisotopic (exact) mass is 903 g/mol. The number of hydrogen-bond acceptors (Lipinski definition) is 6. The number of allylic oxidation sites excluding steroid dienone is 2. The lowest BCUT2D eigenvalue weighted by molar-refractivity contribution is -0.167. The minimum atomic E-state index is -0.767. The normalized spacial score (nSPS) is 12.0. The van der Waals surface area contributed by atoms with E-state index in [1.807, 2.05) is 0 Å². The topological polar surface area (TPSA) is 78.9 Å². The van der Waals surface area contributed by atoms with Crippen LogP contribution < -0.4 is 0 Å². The predicted octanol–water partition coefficient (Wildman–Crippen LogP) is 18.9. The van der Waals surface area contributed by atoms with Crippen LogP contribution in [0.25, 0.3) is 0 Å². The Labute approximate surface area is 399 Å². The third-order valence-electron chi connectivity index (χ3n) is 13.0. The van der Waals surface area contributed by atoms with Gasteiger partial charge in [-0.3, -0.25) is 14.4 Å². The zero-order chi connectivity index (χ0) is 46.5. The summed E-state index contributed by atoms with van der Waals surface area (Å²) in [4.78, 5) is 38.0. The summed E-state index contributed by atoms with van der Waals surface area (Å²) in [6.07, 6.45) is 60.7. The van der Waals surface area contributed by atoms with Gasteiger partial charge in [0.25, 0.3) is 0 Å². The van der Waals surface area contributed by atoms with E-state index in [-0.39, 0.29) is 31.1 Å². The fraction of sp³-hybridized carbons (Fsp3) is 0.914. The van der Waals surface area contributed by atoms with Crippen LogP contribution in [0.5, 0.6) is 0 Å². The van der Waals surface area contributed by atoms with Gasteiger partial charge in [-0.1, -0.05) is 277 Å². The second kappa shape index (κ2) is 53.8. The van der Waals surface area contributed by atoms with Crippen molar-refractivity contribution in [1.29, 1.82) is 0 Å². The molecule has 1 unspecified atom stereocenters. The van der Waals surface area contributed by atoms with Crippen LogP contribution in [0.2, 0.25) is 0 Å². The molecule has 0 aliphatic rings. The van der Waals surface area contributed by atoms with Gasteiger partial charge in [-0.15, -0.1) is 0 Å². The van der Waals surface area contributed by atoms with Crippen LogP contribution in [0, 0.1) is 0 Å². The summed E-state index contributed by atoms with van der Waals surface area (Å²) >= 11 is 0. The highest BCUT2D eigenvalue weighted by Gasteiger charge is 2.19. The summed E-state index contributed by atoms with van der Waals surface area (Å²) < 4.78 is 16.8. The molecule has 0 rings (SSSR count). The minimum Gasteiger partial charge on any atom is -0.462 e. The molecule has 0 aromatic rings. The number of ether oxygens (including phenoxy) is 3. The molecule has 0 heterocycles. The predicted molar refractivity (Wildman–Crippen MR) is 275 cm³/mol. The fourth-order valence-corrected chi connectivity index (χ4v) is 8.68. The maximum atomic E-state index is 12.8. The van der Waals surface area contributed by atoms with Crippen LogP contribution in [-0.2, 0) is 28.6 Å². The first-order chi connectivity index (χ1) is 31.5. The van der Waals surface area contributed by atoms with Gasteiger partial charge < -0.3 is 14.2 Å². The molecular formula is C58H110O6. The average Bonchev–Trinajstić information content (AvgIpc) is 3.29. The molecule has 6 nitrogen and oxygen atoms in total. The summed E-state index contributed by atoms with van der Waals surface area (Å²) in [6, 6.07) is 0. The first kappa shape index (κ1) is 62.1. The van der Waals surface area contributed by atoms with Crippen molar-refractivity contribution in [3.8, 4) is 0 Å². The fourth-order valence-electron chi connectivity index (χ4n) is 8.68. The second-order valence-electron chi connectivity index (χ2n) is 19.6.